The number of hydrogen-bond donors (Lipinski definition) is 3. The molecule has 4 rings (SSSR count). The minimum absolute atomic E-state index is 0.122. The molecule has 0 unspecified atom stereocenters. The summed E-state index contributed by atoms with van der Waals surface area (Å²) in [5, 5.41) is 20.9. The van der Waals surface area contributed by atoms with Crippen molar-refractivity contribution in [2.24, 2.45) is 5.16 Å². The molecule has 12 nitrogen and oxygen atoms in total. The highest BCUT2D eigenvalue weighted by atomic mass is 32.2. The molecule has 194 valence electrons. The number of rotatable bonds is 10. The van der Waals surface area contributed by atoms with E-state index < -0.39 is 35.2 Å². The van der Waals surface area contributed by atoms with Crippen molar-refractivity contribution < 1.29 is 33.9 Å². The number of hydrogen-bond acceptors (Lipinski definition) is 11. The number of benzene rings is 1. The highest BCUT2D eigenvalue weighted by Crippen LogP contribution is 2.40. The van der Waals surface area contributed by atoms with Gasteiger partial charge in [0.05, 0.1) is 0 Å². The van der Waals surface area contributed by atoms with Crippen LogP contribution in [0.5, 0.6) is 0 Å². The number of carbonyl (C=O) groups is 4. The monoisotopic (exact) mass is 545 g/mol. The lowest BCUT2D eigenvalue weighted by Crippen LogP contribution is -2.71. The summed E-state index contributed by atoms with van der Waals surface area (Å²) in [5.41, 5.74) is 1.27. The van der Waals surface area contributed by atoms with Gasteiger partial charge >= 0.3 is 11.9 Å². The molecule has 3 N–H and O–H groups in total. The van der Waals surface area contributed by atoms with Crippen molar-refractivity contribution >= 4 is 57.7 Å². The number of ether oxygens (including phenoxy) is 1. The molecule has 2 atom stereocenters. The number of carbonyl (C=O) groups excluding carboxylic acids is 3. The molecule has 0 spiro atoms. The van der Waals surface area contributed by atoms with Gasteiger partial charge in [-0.3, -0.25) is 19.3 Å². The molecule has 3 heterocycles. The lowest BCUT2D eigenvalue weighted by molar-refractivity contribution is -0.150. The van der Waals surface area contributed by atoms with E-state index in [4.69, 9.17) is 9.57 Å². The quantitative estimate of drug-likeness (QED) is 0.172. The maximum absolute atomic E-state index is 13.1. The van der Waals surface area contributed by atoms with Gasteiger partial charge in [0.1, 0.15) is 36.5 Å². The predicted molar refractivity (Wildman–Crippen MR) is 136 cm³/mol. The third-order valence-corrected chi connectivity index (χ3v) is 7.56. The molecule has 2 amide bonds. The zero-order chi connectivity index (χ0) is 26.5. The second kappa shape index (κ2) is 11.4. The number of thiazole rings is 1. The summed E-state index contributed by atoms with van der Waals surface area (Å²) in [6.45, 7) is 1.53. The number of carboxylic acids is 1. The van der Waals surface area contributed by atoms with Crippen molar-refractivity contribution in [3.05, 3.63) is 58.2 Å². The number of aliphatic carboxylic acids is 1. The number of aromatic nitrogens is 1. The van der Waals surface area contributed by atoms with Gasteiger partial charge in [0.2, 0.25) is 0 Å². The maximum atomic E-state index is 13.1. The fourth-order valence-corrected chi connectivity index (χ4v) is 5.75. The Bertz CT molecular complexity index is 1280. The van der Waals surface area contributed by atoms with Crippen molar-refractivity contribution in [3.63, 3.8) is 0 Å². The van der Waals surface area contributed by atoms with E-state index in [1.54, 1.807) is 5.38 Å². The minimum Gasteiger partial charge on any atom is -0.477 e. The van der Waals surface area contributed by atoms with Gasteiger partial charge < -0.3 is 25.3 Å². The summed E-state index contributed by atoms with van der Waals surface area (Å²) in [5.74, 6) is -2.94. The largest absolute Gasteiger partial charge is 0.477 e. The third kappa shape index (κ3) is 5.75. The van der Waals surface area contributed by atoms with Crippen LogP contribution in [0.2, 0.25) is 0 Å². The summed E-state index contributed by atoms with van der Waals surface area (Å²) in [6.07, 6.45) is 0. The molecule has 1 aromatic carbocycles. The molecule has 0 aliphatic carbocycles. The third-order valence-electron chi connectivity index (χ3n) is 5.42. The molecule has 1 fully saturated rings. The molecule has 0 radical (unpaired) electrons. The van der Waals surface area contributed by atoms with Crippen LogP contribution in [0.3, 0.4) is 0 Å². The first-order chi connectivity index (χ1) is 17.8. The van der Waals surface area contributed by atoms with Gasteiger partial charge in [0.15, 0.2) is 10.8 Å². The van der Waals surface area contributed by atoms with Crippen LogP contribution < -0.4 is 10.6 Å². The van der Waals surface area contributed by atoms with Gasteiger partial charge in [-0.25, -0.2) is 9.78 Å². The Morgan fingerprint density at radius 3 is 2.70 bits per heavy atom. The molecule has 0 bridgehead atoms. The summed E-state index contributed by atoms with van der Waals surface area (Å²) in [6, 6.07) is 8.76. The smallest absolute Gasteiger partial charge is 0.352 e. The standard InChI is InChI=1S/C23H23N5O7S2/c1-12(29)35-9-14-10-36-21-17(20(31)28(21)18(14)22(32)33)26-19(30)16(27-34-2)15-11-37-23(25-15)24-8-13-6-4-3-5-7-13/h3-7,11,17,21H,8-10H2,1-2H3,(H,24,25)(H,26,30)(H,32,33)/b27-16-/t17-,21-/m1/s1. The fourth-order valence-electron chi connectivity index (χ4n) is 3.73. The van der Waals surface area contributed by atoms with Crippen LogP contribution in [0.4, 0.5) is 5.13 Å². The van der Waals surface area contributed by atoms with Crippen LogP contribution in [0.1, 0.15) is 18.2 Å². The second-order valence-electron chi connectivity index (χ2n) is 7.90. The van der Waals surface area contributed by atoms with Crippen molar-refractivity contribution in [1.82, 2.24) is 15.2 Å². The highest BCUT2D eigenvalue weighted by molar-refractivity contribution is 8.00. The molecular formula is C23H23N5O7S2. The highest BCUT2D eigenvalue weighted by Gasteiger charge is 2.54. The summed E-state index contributed by atoms with van der Waals surface area (Å²) in [4.78, 5) is 59.3. The number of nitrogens with one attached hydrogen (secondary N) is 2. The fraction of sp³-hybridized carbons (Fsp3) is 0.304. The van der Waals surface area contributed by atoms with E-state index in [1.807, 2.05) is 30.3 Å². The molecule has 0 saturated carbocycles. The summed E-state index contributed by atoms with van der Waals surface area (Å²) >= 11 is 2.54. The number of esters is 1. The van der Waals surface area contributed by atoms with Crippen molar-refractivity contribution in [3.8, 4) is 0 Å². The van der Waals surface area contributed by atoms with E-state index in [-0.39, 0.29) is 29.5 Å². The second-order valence-corrected chi connectivity index (χ2v) is 9.86. The first-order valence-electron chi connectivity index (χ1n) is 11.0. The van der Waals surface area contributed by atoms with Gasteiger partial charge in [0.25, 0.3) is 11.8 Å². The Morgan fingerprint density at radius 1 is 1.27 bits per heavy atom. The normalized spacial score (nSPS) is 19.0. The lowest BCUT2D eigenvalue weighted by atomic mass is 10.0. The predicted octanol–water partition coefficient (Wildman–Crippen LogP) is 1.41. The van der Waals surface area contributed by atoms with Gasteiger partial charge in [0, 0.05) is 30.2 Å². The van der Waals surface area contributed by atoms with E-state index in [1.165, 1.54) is 37.1 Å². The van der Waals surface area contributed by atoms with Crippen LogP contribution in [-0.2, 0) is 35.3 Å². The molecule has 2 aliphatic heterocycles. The number of oxime groups is 1. The lowest BCUT2D eigenvalue weighted by Gasteiger charge is -2.49. The van der Waals surface area contributed by atoms with Crippen LogP contribution in [-0.4, -0.2) is 75.3 Å². The maximum Gasteiger partial charge on any atom is 0.352 e. The zero-order valence-corrected chi connectivity index (χ0v) is 21.4. The number of β-lactam (4-membered cyclic amide) rings is 1. The van der Waals surface area contributed by atoms with Gasteiger partial charge in [-0.1, -0.05) is 35.5 Å². The average molecular weight is 546 g/mol. The van der Waals surface area contributed by atoms with Crippen molar-refractivity contribution in [2.75, 3.05) is 24.8 Å². The number of anilines is 1. The molecule has 1 saturated heterocycles. The Morgan fingerprint density at radius 2 is 2.03 bits per heavy atom. The van der Waals surface area contributed by atoms with E-state index in [0.29, 0.717) is 17.2 Å². The van der Waals surface area contributed by atoms with Crippen LogP contribution in [0.25, 0.3) is 0 Å². The van der Waals surface area contributed by atoms with Gasteiger partial charge in [-0.15, -0.1) is 23.1 Å². The molecule has 1 aromatic heterocycles. The Hall–Kier alpha value is -3.91. The Kier molecular flexibility index (Phi) is 8.08. The van der Waals surface area contributed by atoms with Crippen molar-refractivity contribution in [2.45, 2.75) is 24.9 Å². The summed E-state index contributed by atoms with van der Waals surface area (Å²) in [7, 11) is 1.29. The van der Waals surface area contributed by atoms with Gasteiger partial charge in [-0.2, -0.15) is 0 Å². The van der Waals surface area contributed by atoms with Crippen molar-refractivity contribution in [1.29, 1.82) is 0 Å². The average Bonchev–Trinajstić information content (AvgIpc) is 3.36. The minimum atomic E-state index is -1.31. The number of carboxylic acid groups (broad SMARTS) is 1. The number of thioether (sulfide) groups is 1. The number of amides is 2. The van der Waals surface area contributed by atoms with E-state index in [2.05, 4.69) is 20.8 Å². The molecule has 37 heavy (non-hydrogen) atoms. The SMILES string of the molecule is CO/N=C(\C(=O)N[C@@H]1C(=O)N2C(C(=O)O)=C(COC(C)=O)CS[C@H]12)c1csc(NCc2ccccc2)n1. The van der Waals surface area contributed by atoms with E-state index >= 15 is 0 Å². The number of fused-ring (bicyclic) bond motifs is 1. The summed E-state index contributed by atoms with van der Waals surface area (Å²) < 4.78 is 4.93. The first kappa shape index (κ1) is 26.2. The molecule has 2 aliphatic rings. The van der Waals surface area contributed by atoms with Gasteiger partial charge in [-0.05, 0) is 5.56 Å². The molecule has 2 aromatic rings. The molecular weight excluding hydrogens is 522 g/mol. The van der Waals surface area contributed by atoms with E-state index in [9.17, 15) is 24.3 Å². The van der Waals surface area contributed by atoms with Crippen LogP contribution in [0, 0.1) is 0 Å². The Balaban J connectivity index is 1.44. The Labute approximate surface area is 219 Å². The number of nitrogens with zero attached hydrogens (tertiary/aromatic N) is 3. The van der Waals surface area contributed by atoms with E-state index in [0.717, 1.165) is 10.5 Å². The topological polar surface area (TPSA) is 160 Å². The zero-order valence-electron chi connectivity index (χ0n) is 19.8. The molecule has 14 heteroatoms. The van der Waals surface area contributed by atoms with Crippen LogP contribution in [0.15, 0.2) is 52.1 Å². The van der Waals surface area contributed by atoms with Crippen LogP contribution >= 0.6 is 23.1 Å². The first-order valence-corrected chi connectivity index (χ1v) is 12.9.